The molecular formula is C10H14N2O6S. The molecule has 0 amide bonds. The van der Waals surface area contributed by atoms with Gasteiger partial charge in [-0.3, -0.25) is 10.1 Å². The molecule has 1 heterocycles. The van der Waals surface area contributed by atoms with Gasteiger partial charge in [-0.1, -0.05) is 6.92 Å². The molecule has 19 heavy (non-hydrogen) atoms. The van der Waals surface area contributed by atoms with Crippen LogP contribution in [0.15, 0.2) is 12.3 Å². The number of hydrogen-bond acceptors (Lipinski definition) is 5. The van der Waals surface area contributed by atoms with Crippen LogP contribution in [0.25, 0.3) is 0 Å². The van der Waals surface area contributed by atoms with Crippen molar-refractivity contribution in [2.75, 3.05) is 11.5 Å². The molecule has 0 atom stereocenters. The van der Waals surface area contributed by atoms with Crippen molar-refractivity contribution in [1.82, 2.24) is 4.57 Å². The van der Waals surface area contributed by atoms with E-state index < -0.39 is 20.7 Å². The zero-order valence-electron chi connectivity index (χ0n) is 10.3. The summed E-state index contributed by atoms with van der Waals surface area (Å²) >= 11 is 0. The van der Waals surface area contributed by atoms with Crippen LogP contribution >= 0.6 is 0 Å². The van der Waals surface area contributed by atoms with Gasteiger partial charge >= 0.3 is 5.97 Å². The summed E-state index contributed by atoms with van der Waals surface area (Å²) in [6, 6.07) is 0.955. The summed E-state index contributed by atoms with van der Waals surface area (Å²) in [4.78, 5) is 20.8. The maximum atomic E-state index is 11.3. The Balaban J connectivity index is 2.83. The third-order valence-corrected chi connectivity index (χ3v) is 4.40. The summed E-state index contributed by atoms with van der Waals surface area (Å²) in [5.41, 5.74) is -0.545. The SMILES string of the molecule is CCS(=O)(=O)CCCn1cc([N+](=O)[O-])cc1C(=O)O. The lowest BCUT2D eigenvalue weighted by molar-refractivity contribution is -0.384. The molecule has 0 aliphatic carbocycles. The minimum atomic E-state index is -3.13. The standard InChI is InChI=1S/C10H14N2O6S/c1-2-19(17,18)5-3-4-11-7-8(12(15)16)6-9(11)10(13)14/h6-7H,2-5H2,1H3,(H,13,14). The van der Waals surface area contributed by atoms with Gasteiger partial charge in [-0.25, -0.2) is 13.2 Å². The Kier molecular flexibility index (Phi) is 4.65. The van der Waals surface area contributed by atoms with Crippen LogP contribution in [0.3, 0.4) is 0 Å². The maximum absolute atomic E-state index is 11.3. The van der Waals surface area contributed by atoms with Gasteiger partial charge in [0.2, 0.25) is 0 Å². The fraction of sp³-hybridized carbons (Fsp3) is 0.500. The Bertz CT molecular complexity index is 589. The highest BCUT2D eigenvalue weighted by Crippen LogP contribution is 2.17. The number of carboxylic acids is 1. The number of nitro groups is 1. The van der Waals surface area contributed by atoms with Crippen LogP contribution in [-0.4, -0.2) is 40.5 Å². The van der Waals surface area contributed by atoms with Gasteiger partial charge in [0.1, 0.15) is 15.5 Å². The first-order chi connectivity index (χ1) is 8.76. The summed E-state index contributed by atoms with van der Waals surface area (Å²) in [5, 5.41) is 19.5. The van der Waals surface area contributed by atoms with Gasteiger partial charge in [-0.2, -0.15) is 0 Å². The van der Waals surface area contributed by atoms with Gasteiger partial charge < -0.3 is 9.67 Å². The quantitative estimate of drug-likeness (QED) is 0.589. The molecule has 0 aliphatic rings. The molecule has 0 aromatic carbocycles. The molecule has 0 saturated heterocycles. The van der Waals surface area contributed by atoms with E-state index in [4.69, 9.17) is 5.11 Å². The number of aromatic nitrogens is 1. The second-order valence-electron chi connectivity index (χ2n) is 3.93. The van der Waals surface area contributed by atoms with Crippen LogP contribution in [0, 0.1) is 10.1 Å². The van der Waals surface area contributed by atoms with E-state index in [0.717, 1.165) is 12.3 Å². The molecular weight excluding hydrogens is 276 g/mol. The Morgan fingerprint density at radius 1 is 1.53 bits per heavy atom. The number of aromatic carboxylic acids is 1. The average molecular weight is 290 g/mol. The Morgan fingerprint density at radius 2 is 2.16 bits per heavy atom. The highest BCUT2D eigenvalue weighted by Gasteiger charge is 2.18. The van der Waals surface area contributed by atoms with Crippen LogP contribution < -0.4 is 0 Å². The Labute approximate surface area is 109 Å². The minimum Gasteiger partial charge on any atom is -0.477 e. The zero-order chi connectivity index (χ0) is 14.6. The summed E-state index contributed by atoms with van der Waals surface area (Å²) in [6.07, 6.45) is 1.31. The monoisotopic (exact) mass is 290 g/mol. The smallest absolute Gasteiger partial charge is 0.352 e. The highest BCUT2D eigenvalue weighted by molar-refractivity contribution is 7.91. The first kappa shape index (κ1) is 15.2. The number of nitrogens with zero attached hydrogens (tertiary/aromatic N) is 2. The van der Waals surface area contributed by atoms with E-state index in [1.54, 1.807) is 0 Å². The summed E-state index contributed by atoms with van der Waals surface area (Å²) in [6.45, 7) is 1.63. The normalized spacial score (nSPS) is 11.4. The number of hydrogen-bond donors (Lipinski definition) is 1. The van der Waals surface area contributed by atoms with E-state index in [2.05, 4.69) is 0 Å². The van der Waals surface area contributed by atoms with Crippen LogP contribution in [-0.2, 0) is 16.4 Å². The second kappa shape index (κ2) is 5.83. The van der Waals surface area contributed by atoms with E-state index in [-0.39, 0.29) is 35.9 Å². The van der Waals surface area contributed by atoms with E-state index in [1.807, 2.05) is 0 Å². The van der Waals surface area contributed by atoms with E-state index in [1.165, 1.54) is 11.5 Å². The van der Waals surface area contributed by atoms with Crippen LogP contribution in [0.4, 0.5) is 5.69 Å². The lowest BCUT2D eigenvalue weighted by atomic mass is 10.4. The van der Waals surface area contributed by atoms with Crippen molar-refractivity contribution >= 4 is 21.5 Å². The topological polar surface area (TPSA) is 120 Å². The van der Waals surface area contributed by atoms with Crippen molar-refractivity contribution < 1.29 is 23.2 Å². The van der Waals surface area contributed by atoms with Crippen molar-refractivity contribution in [3.05, 3.63) is 28.1 Å². The first-order valence-electron chi connectivity index (χ1n) is 5.55. The number of carboxylic acid groups (broad SMARTS) is 1. The number of rotatable bonds is 7. The number of carbonyl (C=O) groups is 1. The molecule has 0 bridgehead atoms. The molecule has 1 aromatic heterocycles. The molecule has 1 aromatic rings. The number of aryl methyl sites for hydroxylation is 1. The lowest BCUT2D eigenvalue weighted by Gasteiger charge is -2.05. The maximum Gasteiger partial charge on any atom is 0.352 e. The van der Waals surface area contributed by atoms with E-state index >= 15 is 0 Å². The first-order valence-corrected chi connectivity index (χ1v) is 7.37. The van der Waals surface area contributed by atoms with Gasteiger partial charge in [-0.05, 0) is 6.42 Å². The molecule has 1 rings (SSSR count). The molecule has 0 aliphatic heterocycles. The van der Waals surface area contributed by atoms with Crippen molar-refractivity contribution in [3.63, 3.8) is 0 Å². The predicted molar refractivity (Wildman–Crippen MR) is 67.0 cm³/mol. The number of sulfone groups is 1. The van der Waals surface area contributed by atoms with Gasteiger partial charge in [0.05, 0.1) is 16.9 Å². The predicted octanol–water partition coefficient (Wildman–Crippen LogP) is 0.919. The van der Waals surface area contributed by atoms with Crippen LogP contribution in [0.2, 0.25) is 0 Å². The molecule has 106 valence electrons. The lowest BCUT2D eigenvalue weighted by Crippen LogP contribution is -2.13. The summed E-state index contributed by atoms with van der Waals surface area (Å²) in [7, 11) is -3.13. The molecule has 0 fully saturated rings. The van der Waals surface area contributed by atoms with E-state index in [0.29, 0.717) is 0 Å². The average Bonchev–Trinajstić information content (AvgIpc) is 2.73. The minimum absolute atomic E-state index is 0.0185. The molecule has 0 radical (unpaired) electrons. The van der Waals surface area contributed by atoms with Crippen molar-refractivity contribution in [1.29, 1.82) is 0 Å². The van der Waals surface area contributed by atoms with Crippen molar-refractivity contribution in [3.8, 4) is 0 Å². The molecule has 0 saturated carbocycles. The molecule has 0 unspecified atom stereocenters. The van der Waals surface area contributed by atoms with Crippen LogP contribution in [0.5, 0.6) is 0 Å². The summed E-state index contributed by atoms with van der Waals surface area (Å²) in [5.74, 6) is -1.34. The highest BCUT2D eigenvalue weighted by atomic mass is 32.2. The summed E-state index contributed by atoms with van der Waals surface area (Å²) < 4.78 is 23.8. The third kappa shape index (κ3) is 4.05. The third-order valence-electron chi connectivity index (χ3n) is 2.61. The fourth-order valence-corrected chi connectivity index (χ4v) is 2.42. The van der Waals surface area contributed by atoms with Gasteiger partial charge in [0.25, 0.3) is 5.69 Å². The Morgan fingerprint density at radius 3 is 2.63 bits per heavy atom. The molecule has 9 heteroatoms. The van der Waals surface area contributed by atoms with Crippen molar-refractivity contribution in [2.45, 2.75) is 19.9 Å². The van der Waals surface area contributed by atoms with Crippen molar-refractivity contribution in [2.24, 2.45) is 0 Å². The molecule has 1 N–H and O–H groups in total. The molecule has 0 spiro atoms. The largest absolute Gasteiger partial charge is 0.477 e. The second-order valence-corrected chi connectivity index (χ2v) is 6.40. The fourth-order valence-electron chi connectivity index (χ4n) is 1.56. The van der Waals surface area contributed by atoms with Gasteiger partial charge in [-0.15, -0.1) is 0 Å². The zero-order valence-corrected chi connectivity index (χ0v) is 11.1. The Hall–Kier alpha value is -1.90. The van der Waals surface area contributed by atoms with Crippen LogP contribution in [0.1, 0.15) is 23.8 Å². The van der Waals surface area contributed by atoms with Gasteiger partial charge in [0.15, 0.2) is 0 Å². The molecule has 8 nitrogen and oxygen atoms in total. The van der Waals surface area contributed by atoms with Gasteiger partial charge in [0, 0.05) is 18.4 Å². The van der Waals surface area contributed by atoms with E-state index in [9.17, 15) is 23.3 Å².